The molecule has 1 heterocycles. The van der Waals surface area contributed by atoms with Crippen molar-refractivity contribution in [3.05, 3.63) is 95.1 Å². The van der Waals surface area contributed by atoms with Crippen molar-refractivity contribution >= 4 is 32.6 Å². The number of para-hydroxylation sites is 1. The van der Waals surface area contributed by atoms with E-state index in [1.54, 1.807) is 0 Å². The third kappa shape index (κ3) is 4.07. The van der Waals surface area contributed by atoms with Gasteiger partial charge in [0.05, 0.1) is 22.3 Å². The summed E-state index contributed by atoms with van der Waals surface area (Å²) in [4.78, 5) is 19.4. The highest BCUT2D eigenvalue weighted by atomic mass is 32.1. The molecule has 0 N–H and O–H groups in total. The second-order valence-electron chi connectivity index (χ2n) is 6.87. The monoisotopic (exact) mass is 426 g/mol. The number of benzene rings is 3. The standard InChI is InChI=1S/C23H17F3N2OS/c1-15-7-5-12-19-20(15)27-22(30-19)28(14-16-8-3-2-4-9-16)21(29)17-10-6-11-18(13-17)23(24,25)26/h2-13H,14H2,1H3. The normalized spacial score (nSPS) is 11.6. The maximum Gasteiger partial charge on any atom is 0.416 e. The summed E-state index contributed by atoms with van der Waals surface area (Å²) in [5, 5.41) is 0.450. The van der Waals surface area contributed by atoms with E-state index in [9.17, 15) is 18.0 Å². The van der Waals surface area contributed by atoms with Gasteiger partial charge in [-0.3, -0.25) is 9.69 Å². The van der Waals surface area contributed by atoms with Crippen LogP contribution < -0.4 is 4.90 Å². The quantitative estimate of drug-likeness (QED) is 0.375. The molecule has 0 aliphatic rings. The van der Waals surface area contributed by atoms with Crippen LogP contribution in [0, 0.1) is 6.92 Å². The molecule has 0 unspecified atom stereocenters. The van der Waals surface area contributed by atoms with Crippen molar-refractivity contribution < 1.29 is 18.0 Å². The number of fused-ring (bicyclic) bond motifs is 1. The van der Waals surface area contributed by atoms with Gasteiger partial charge in [-0.2, -0.15) is 13.2 Å². The third-order valence-corrected chi connectivity index (χ3v) is 5.75. The number of hydrogen-bond donors (Lipinski definition) is 0. The lowest BCUT2D eigenvalue weighted by atomic mass is 10.1. The van der Waals surface area contributed by atoms with Crippen LogP contribution in [0.1, 0.15) is 27.0 Å². The molecule has 0 radical (unpaired) electrons. The molecule has 4 rings (SSSR count). The molecule has 0 aliphatic heterocycles. The van der Waals surface area contributed by atoms with Gasteiger partial charge < -0.3 is 0 Å². The average Bonchev–Trinajstić information content (AvgIpc) is 3.17. The van der Waals surface area contributed by atoms with E-state index in [0.29, 0.717) is 5.13 Å². The summed E-state index contributed by atoms with van der Waals surface area (Å²) in [6.45, 7) is 2.14. The van der Waals surface area contributed by atoms with Crippen LogP contribution in [-0.2, 0) is 12.7 Å². The summed E-state index contributed by atoms with van der Waals surface area (Å²) in [5.74, 6) is -0.526. The number of carbonyl (C=O) groups is 1. The first-order chi connectivity index (χ1) is 14.3. The number of anilines is 1. The summed E-state index contributed by atoms with van der Waals surface area (Å²) in [5.41, 5.74) is 1.73. The number of hydrogen-bond acceptors (Lipinski definition) is 3. The third-order valence-electron chi connectivity index (χ3n) is 4.71. The van der Waals surface area contributed by atoms with E-state index in [0.717, 1.165) is 33.5 Å². The molecule has 7 heteroatoms. The SMILES string of the molecule is Cc1cccc2sc(N(Cc3ccccc3)C(=O)c3cccc(C(F)(F)F)c3)nc12. The van der Waals surface area contributed by atoms with Crippen molar-refractivity contribution in [1.82, 2.24) is 4.98 Å². The van der Waals surface area contributed by atoms with Gasteiger partial charge in [0.25, 0.3) is 5.91 Å². The van der Waals surface area contributed by atoms with Crippen LogP contribution in [0.4, 0.5) is 18.3 Å². The van der Waals surface area contributed by atoms with Crippen molar-refractivity contribution in [3.63, 3.8) is 0 Å². The maximum atomic E-state index is 13.3. The number of aryl methyl sites for hydroxylation is 1. The zero-order valence-corrected chi connectivity index (χ0v) is 16.8. The van der Waals surface area contributed by atoms with E-state index >= 15 is 0 Å². The molecule has 0 atom stereocenters. The zero-order valence-electron chi connectivity index (χ0n) is 16.0. The Bertz CT molecular complexity index is 1200. The van der Waals surface area contributed by atoms with Gasteiger partial charge in [-0.25, -0.2) is 4.98 Å². The van der Waals surface area contributed by atoms with Crippen LogP contribution in [-0.4, -0.2) is 10.9 Å². The number of aromatic nitrogens is 1. The van der Waals surface area contributed by atoms with Gasteiger partial charge >= 0.3 is 6.18 Å². The Kier molecular flexibility index (Phi) is 5.30. The summed E-state index contributed by atoms with van der Waals surface area (Å²) in [6, 6.07) is 19.6. The summed E-state index contributed by atoms with van der Waals surface area (Å²) in [6.07, 6.45) is -4.52. The predicted molar refractivity (Wildman–Crippen MR) is 113 cm³/mol. The smallest absolute Gasteiger partial charge is 0.279 e. The van der Waals surface area contributed by atoms with Gasteiger partial charge in [-0.05, 0) is 42.3 Å². The van der Waals surface area contributed by atoms with Crippen LogP contribution in [0.3, 0.4) is 0 Å². The lowest BCUT2D eigenvalue weighted by Gasteiger charge is -2.20. The van der Waals surface area contributed by atoms with Crippen LogP contribution in [0.5, 0.6) is 0 Å². The Morgan fingerprint density at radius 1 is 1.00 bits per heavy atom. The number of alkyl halides is 3. The number of halogens is 3. The molecule has 4 aromatic rings. The van der Waals surface area contributed by atoms with Crippen LogP contribution in [0.2, 0.25) is 0 Å². The first-order valence-electron chi connectivity index (χ1n) is 9.22. The Hall–Kier alpha value is -3.19. The zero-order chi connectivity index (χ0) is 21.3. The minimum Gasteiger partial charge on any atom is -0.279 e. The van der Waals surface area contributed by atoms with E-state index in [1.165, 1.54) is 28.4 Å². The molecule has 0 saturated heterocycles. The first-order valence-corrected chi connectivity index (χ1v) is 10.0. The fourth-order valence-corrected chi connectivity index (χ4v) is 4.21. The second kappa shape index (κ2) is 7.91. The first kappa shape index (κ1) is 20.1. The fourth-order valence-electron chi connectivity index (χ4n) is 3.17. The van der Waals surface area contributed by atoms with E-state index in [2.05, 4.69) is 4.98 Å². The van der Waals surface area contributed by atoms with Crippen molar-refractivity contribution in [2.75, 3.05) is 4.90 Å². The van der Waals surface area contributed by atoms with Crippen LogP contribution in [0.25, 0.3) is 10.2 Å². The second-order valence-corrected chi connectivity index (χ2v) is 7.88. The highest BCUT2D eigenvalue weighted by Gasteiger charge is 2.32. The minimum atomic E-state index is -4.52. The lowest BCUT2D eigenvalue weighted by Crippen LogP contribution is -2.30. The molecule has 0 fully saturated rings. The van der Waals surface area contributed by atoms with Crippen molar-refractivity contribution in [2.24, 2.45) is 0 Å². The number of carbonyl (C=O) groups excluding carboxylic acids is 1. The fraction of sp³-hybridized carbons (Fsp3) is 0.130. The van der Waals surface area contributed by atoms with Crippen molar-refractivity contribution in [2.45, 2.75) is 19.6 Å². The number of nitrogens with zero attached hydrogens (tertiary/aromatic N) is 2. The molecule has 30 heavy (non-hydrogen) atoms. The van der Waals surface area contributed by atoms with Crippen LogP contribution >= 0.6 is 11.3 Å². The largest absolute Gasteiger partial charge is 0.416 e. The van der Waals surface area contributed by atoms with Gasteiger partial charge in [0.2, 0.25) is 0 Å². The van der Waals surface area contributed by atoms with Gasteiger partial charge in [0, 0.05) is 5.56 Å². The highest BCUT2D eigenvalue weighted by Crippen LogP contribution is 2.33. The van der Waals surface area contributed by atoms with Gasteiger partial charge in [0.15, 0.2) is 5.13 Å². The molecular weight excluding hydrogens is 409 g/mol. The molecular formula is C23H17F3N2OS. The molecule has 0 saturated carbocycles. The maximum absolute atomic E-state index is 13.3. The number of thiazole rings is 1. The average molecular weight is 426 g/mol. The molecule has 0 spiro atoms. The predicted octanol–water partition coefficient (Wildman–Crippen LogP) is 6.47. The molecule has 3 nitrogen and oxygen atoms in total. The summed E-state index contributed by atoms with van der Waals surface area (Å²) >= 11 is 1.34. The summed E-state index contributed by atoms with van der Waals surface area (Å²) < 4.78 is 40.4. The summed E-state index contributed by atoms with van der Waals surface area (Å²) in [7, 11) is 0. The molecule has 1 amide bonds. The van der Waals surface area contributed by atoms with E-state index in [1.807, 2.05) is 55.5 Å². The molecule has 3 aromatic carbocycles. The van der Waals surface area contributed by atoms with E-state index in [-0.39, 0.29) is 12.1 Å². The number of amides is 1. The Labute approximate surface area is 175 Å². The van der Waals surface area contributed by atoms with Crippen molar-refractivity contribution in [1.29, 1.82) is 0 Å². The molecule has 1 aromatic heterocycles. The Morgan fingerprint density at radius 3 is 2.43 bits per heavy atom. The minimum absolute atomic E-state index is 0.0308. The Morgan fingerprint density at radius 2 is 1.73 bits per heavy atom. The van der Waals surface area contributed by atoms with E-state index in [4.69, 9.17) is 0 Å². The number of rotatable bonds is 4. The lowest BCUT2D eigenvalue weighted by molar-refractivity contribution is -0.137. The molecule has 152 valence electrons. The topological polar surface area (TPSA) is 33.2 Å². The Balaban J connectivity index is 1.78. The van der Waals surface area contributed by atoms with E-state index < -0.39 is 17.6 Å². The van der Waals surface area contributed by atoms with Crippen molar-refractivity contribution in [3.8, 4) is 0 Å². The van der Waals surface area contributed by atoms with Gasteiger partial charge in [0.1, 0.15) is 0 Å². The molecule has 0 aliphatic carbocycles. The van der Waals surface area contributed by atoms with Gasteiger partial charge in [-0.1, -0.05) is 59.9 Å². The molecule has 0 bridgehead atoms. The highest BCUT2D eigenvalue weighted by molar-refractivity contribution is 7.22. The van der Waals surface area contributed by atoms with Crippen LogP contribution in [0.15, 0.2) is 72.8 Å². The van der Waals surface area contributed by atoms with Gasteiger partial charge in [-0.15, -0.1) is 0 Å².